The molecule has 0 unspecified atom stereocenters. The molecule has 0 fully saturated rings. The normalized spacial score (nSPS) is 11.5. The number of carbonyl (C=O) groups is 2. The topological polar surface area (TPSA) is 51.5 Å². The van der Waals surface area contributed by atoms with Crippen LogP contribution in [0.5, 0.6) is 0 Å². The van der Waals surface area contributed by atoms with Gasteiger partial charge in [0.15, 0.2) is 6.29 Å². The molecule has 0 spiro atoms. The van der Waals surface area contributed by atoms with Crippen molar-refractivity contribution in [3.63, 3.8) is 0 Å². The third kappa shape index (κ3) is 3.83. The third-order valence-corrected chi connectivity index (χ3v) is 4.52. The van der Waals surface area contributed by atoms with Crippen molar-refractivity contribution in [1.82, 2.24) is 4.57 Å². The van der Waals surface area contributed by atoms with Crippen LogP contribution in [0.15, 0.2) is 42.6 Å². The zero-order chi connectivity index (χ0) is 21.3. The molecule has 0 radical (unpaired) electrons. The molecule has 8 heteroatoms. The number of halogens is 3. The van der Waals surface area contributed by atoms with Crippen LogP contribution in [0.2, 0.25) is 0 Å². The molecule has 1 aromatic heterocycles. The Balaban J connectivity index is 2.21. The van der Waals surface area contributed by atoms with Gasteiger partial charge in [0.2, 0.25) is 0 Å². The summed E-state index contributed by atoms with van der Waals surface area (Å²) < 4.78 is 47.3. The predicted molar refractivity (Wildman–Crippen MR) is 104 cm³/mol. The first-order chi connectivity index (χ1) is 13.7. The van der Waals surface area contributed by atoms with Crippen molar-refractivity contribution < 1.29 is 27.5 Å². The van der Waals surface area contributed by atoms with E-state index in [-0.39, 0.29) is 23.4 Å². The molecule has 0 saturated heterocycles. The molecule has 0 bridgehead atoms. The van der Waals surface area contributed by atoms with Crippen molar-refractivity contribution in [2.24, 2.45) is 0 Å². The summed E-state index contributed by atoms with van der Waals surface area (Å²) in [7, 11) is 3.03. The van der Waals surface area contributed by atoms with E-state index in [4.69, 9.17) is 4.74 Å². The fraction of sp³-hybridized carbons (Fsp3) is 0.238. The molecular weight excluding hydrogens is 385 g/mol. The summed E-state index contributed by atoms with van der Waals surface area (Å²) in [6.07, 6.45) is -2.47. The maximum absolute atomic E-state index is 13.6. The number of fused-ring (bicyclic) bond motifs is 1. The van der Waals surface area contributed by atoms with Crippen molar-refractivity contribution in [2.45, 2.75) is 13.1 Å². The second kappa shape index (κ2) is 7.62. The highest BCUT2D eigenvalue weighted by Crippen LogP contribution is 2.40. The summed E-state index contributed by atoms with van der Waals surface area (Å²) in [6.45, 7) is 1.93. The minimum Gasteiger partial charge on any atom is -0.462 e. The molecule has 1 heterocycles. The zero-order valence-corrected chi connectivity index (χ0v) is 16.1. The Morgan fingerprint density at radius 1 is 1.17 bits per heavy atom. The SMILES string of the molecule is CCOC(=O)c1ccc(-n2cc(C=O)c3cc(N(C)C)c(C(F)(F)F)cc32)cc1. The number of nitrogens with zero attached hydrogens (tertiary/aromatic N) is 2. The summed E-state index contributed by atoms with van der Waals surface area (Å²) >= 11 is 0. The predicted octanol–water partition coefficient (Wildman–Crippen LogP) is 4.70. The lowest BCUT2D eigenvalue weighted by molar-refractivity contribution is -0.137. The standard InChI is InChI=1S/C21H19F3N2O3/c1-4-29-20(28)13-5-7-15(8-6-13)26-11-14(12-27)16-9-19(25(2)3)17(10-18(16)26)21(22,23)24/h5-12H,4H2,1-3H3. The molecule has 2 aromatic carbocycles. The summed E-state index contributed by atoms with van der Waals surface area (Å²) in [6, 6.07) is 8.64. The number of hydrogen-bond donors (Lipinski definition) is 0. The van der Waals surface area contributed by atoms with E-state index in [0.717, 1.165) is 6.07 Å². The van der Waals surface area contributed by atoms with Gasteiger partial charge in [-0.05, 0) is 43.3 Å². The van der Waals surface area contributed by atoms with Crippen molar-refractivity contribution in [2.75, 3.05) is 25.6 Å². The molecule has 0 aliphatic carbocycles. The average molecular weight is 404 g/mol. The van der Waals surface area contributed by atoms with E-state index in [1.807, 2.05) is 0 Å². The Bertz CT molecular complexity index is 1070. The zero-order valence-electron chi connectivity index (χ0n) is 16.1. The number of alkyl halides is 3. The van der Waals surface area contributed by atoms with E-state index < -0.39 is 17.7 Å². The lowest BCUT2D eigenvalue weighted by Crippen LogP contribution is -2.16. The van der Waals surface area contributed by atoms with Crippen molar-refractivity contribution in [3.05, 3.63) is 59.3 Å². The van der Waals surface area contributed by atoms with Crippen molar-refractivity contribution in [1.29, 1.82) is 0 Å². The van der Waals surface area contributed by atoms with Gasteiger partial charge in [0.25, 0.3) is 0 Å². The number of aromatic nitrogens is 1. The van der Waals surface area contributed by atoms with Crippen LogP contribution in [-0.2, 0) is 10.9 Å². The fourth-order valence-electron chi connectivity index (χ4n) is 3.16. The summed E-state index contributed by atoms with van der Waals surface area (Å²) in [5, 5.41) is 0.408. The minimum atomic E-state index is -4.56. The van der Waals surface area contributed by atoms with Gasteiger partial charge in [0.1, 0.15) is 0 Å². The van der Waals surface area contributed by atoms with Gasteiger partial charge in [-0.1, -0.05) is 0 Å². The van der Waals surface area contributed by atoms with E-state index in [1.165, 1.54) is 48.0 Å². The number of hydrogen-bond acceptors (Lipinski definition) is 4. The molecule has 152 valence electrons. The van der Waals surface area contributed by atoms with E-state index in [0.29, 0.717) is 22.9 Å². The molecule has 0 atom stereocenters. The monoisotopic (exact) mass is 404 g/mol. The van der Waals surface area contributed by atoms with Crippen molar-refractivity contribution >= 4 is 28.8 Å². The second-order valence-corrected chi connectivity index (χ2v) is 6.62. The van der Waals surface area contributed by atoms with Crippen LogP contribution in [0.3, 0.4) is 0 Å². The first-order valence-electron chi connectivity index (χ1n) is 8.83. The minimum absolute atomic E-state index is 0.0245. The van der Waals surface area contributed by atoms with Gasteiger partial charge in [0.05, 0.1) is 23.3 Å². The molecule has 29 heavy (non-hydrogen) atoms. The van der Waals surface area contributed by atoms with E-state index >= 15 is 0 Å². The van der Waals surface area contributed by atoms with Gasteiger partial charge in [-0.3, -0.25) is 4.79 Å². The van der Waals surface area contributed by atoms with Gasteiger partial charge >= 0.3 is 12.1 Å². The van der Waals surface area contributed by atoms with Crippen LogP contribution in [0.1, 0.15) is 33.2 Å². The maximum atomic E-state index is 13.6. The Hall–Kier alpha value is -3.29. The Morgan fingerprint density at radius 3 is 2.34 bits per heavy atom. The van der Waals surface area contributed by atoms with Gasteiger partial charge in [-0.15, -0.1) is 0 Å². The van der Waals surface area contributed by atoms with Crippen LogP contribution >= 0.6 is 0 Å². The first kappa shape index (κ1) is 20.4. The maximum Gasteiger partial charge on any atom is 0.418 e. The number of anilines is 1. The van der Waals surface area contributed by atoms with Gasteiger partial charge in [-0.25, -0.2) is 4.79 Å². The molecule has 0 aliphatic heterocycles. The van der Waals surface area contributed by atoms with Crippen LogP contribution in [-0.4, -0.2) is 37.5 Å². The number of aldehydes is 1. The van der Waals surface area contributed by atoms with Crippen molar-refractivity contribution in [3.8, 4) is 5.69 Å². The Kier molecular flexibility index (Phi) is 5.37. The molecule has 0 aliphatic rings. The van der Waals surface area contributed by atoms with Gasteiger partial charge in [-0.2, -0.15) is 13.2 Å². The first-order valence-corrected chi connectivity index (χ1v) is 8.83. The fourth-order valence-corrected chi connectivity index (χ4v) is 3.16. The Labute approximate surface area is 165 Å². The number of rotatable bonds is 5. The van der Waals surface area contributed by atoms with Gasteiger partial charge in [0, 0.05) is 42.6 Å². The van der Waals surface area contributed by atoms with Crippen LogP contribution < -0.4 is 4.90 Å². The average Bonchev–Trinajstić information content (AvgIpc) is 3.04. The number of carbonyl (C=O) groups excluding carboxylic acids is 2. The van der Waals surface area contributed by atoms with Crippen LogP contribution in [0.4, 0.5) is 18.9 Å². The quantitative estimate of drug-likeness (QED) is 0.457. The largest absolute Gasteiger partial charge is 0.462 e. The molecule has 0 saturated carbocycles. The lowest BCUT2D eigenvalue weighted by Gasteiger charge is -2.20. The molecule has 5 nitrogen and oxygen atoms in total. The molecule has 0 amide bonds. The van der Waals surface area contributed by atoms with Crippen LogP contribution in [0, 0.1) is 0 Å². The third-order valence-electron chi connectivity index (χ3n) is 4.52. The van der Waals surface area contributed by atoms with E-state index in [2.05, 4.69) is 0 Å². The number of ether oxygens (including phenoxy) is 1. The highest BCUT2D eigenvalue weighted by Gasteiger charge is 2.35. The second-order valence-electron chi connectivity index (χ2n) is 6.62. The Morgan fingerprint density at radius 2 is 1.83 bits per heavy atom. The van der Waals surface area contributed by atoms with E-state index in [9.17, 15) is 22.8 Å². The molecule has 0 N–H and O–H groups in total. The number of esters is 1. The van der Waals surface area contributed by atoms with Gasteiger partial charge < -0.3 is 14.2 Å². The highest BCUT2D eigenvalue weighted by molar-refractivity contribution is 6.00. The lowest BCUT2D eigenvalue weighted by atomic mass is 10.1. The number of benzene rings is 2. The summed E-state index contributed by atoms with van der Waals surface area (Å²) in [5.74, 6) is -0.486. The highest BCUT2D eigenvalue weighted by atomic mass is 19.4. The summed E-state index contributed by atoms with van der Waals surface area (Å²) in [4.78, 5) is 24.7. The molecule has 3 aromatic rings. The molecular formula is C21H19F3N2O3. The van der Waals surface area contributed by atoms with E-state index in [1.54, 1.807) is 19.1 Å². The van der Waals surface area contributed by atoms with Crippen LogP contribution in [0.25, 0.3) is 16.6 Å². The summed E-state index contributed by atoms with van der Waals surface area (Å²) in [5.41, 5.74) is 0.536. The smallest absolute Gasteiger partial charge is 0.418 e. The molecule has 3 rings (SSSR count).